The highest BCUT2D eigenvalue weighted by atomic mass is 16.5. The molecule has 0 fully saturated rings. The van der Waals surface area contributed by atoms with Gasteiger partial charge in [-0.25, -0.2) is 0 Å². The zero-order valence-corrected chi connectivity index (χ0v) is 11.2. The molecule has 1 unspecified atom stereocenters. The smallest absolute Gasteiger partial charge is 0.309 e. The number of methoxy groups -OCH3 is 1. The minimum atomic E-state index is -0.162. The summed E-state index contributed by atoms with van der Waals surface area (Å²) in [7, 11) is 1.65. The summed E-state index contributed by atoms with van der Waals surface area (Å²) in [6.45, 7) is 5.36. The summed E-state index contributed by atoms with van der Waals surface area (Å²) in [5.74, 6) is 0.554. The Hall–Kier alpha value is -1.55. The molecule has 0 amide bonds. The highest BCUT2D eigenvalue weighted by Crippen LogP contribution is 2.16. The fourth-order valence-electron chi connectivity index (χ4n) is 1.64. The van der Waals surface area contributed by atoms with Gasteiger partial charge in [-0.3, -0.25) is 4.79 Å². The molecule has 18 heavy (non-hydrogen) atoms. The van der Waals surface area contributed by atoms with Crippen LogP contribution < -0.4 is 10.1 Å². The summed E-state index contributed by atoms with van der Waals surface area (Å²) < 4.78 is 10.2. The quantitative estimate of drug-likeness (QED) is 0.753. The maximum Gasteiger partial charge on any atom is 0.309 e. The molecule has 0 aliphatic rings. The van der Waals surface area contributed by atoms with Gasteiger partial charge in [0.05, 0.1) is 19.6 Å². The van der Waals surface area contributed by atoms with E-state index in [2.05, 4.69) is 5.32 Å². The Morgan fingerprint density at radius 2 is 2.11 bits per heavy atom. The third-order valence-electron chi connectivity index (χ3n) is 2.65. The Balaban J connectivity index is 2.39. The SMILES string of the molecule is CCOC(=O)C(C)CNCc1ccccc1OC. The number of carbonyl (C=O) groups excluding carboxylic acids is 1. The fourth-order valence-corrected chi connectivity index (χ4v) is 1.64. The molecule has 4 nitrogen and oxygen atoms in total. The number of nitrogens with one attached hydrogen (secondary N) is 1. The van der Waals surface area contributed by atoms with Crippen molar-refractivity contribution >= 4 is 5.97 Å². The van der Waals surface area contributed by atoms with E-state index in [4.69, 9.17) is 9.47 Å². The molecule has 0 saturated heterocycles. The van der Waals surface area contributed by atoms with Crippen LogP contribution in [-0.4, -0.2) is 26.2 Å². The summed E-state index contributed by atoms with van der Waals surface area (Å²) >= 11 is 0. The Morgan fingerprint density at radius 1 is 1.39 bits per heavy atom. The number of ether oxygens (including phenoxy) is 2. The van der Waals surface area contributed by atoms with E-state index < -0.39 is 0 Å². The molecular formula is C14H21NO3. The Morgan fingerprint density at radius 3 is 2.78 bits per heavy atom. The van der Waals surface area contributed by atoms with Crippen LogP contribution in [0.15, 0.2) is 24.3 Å². The van der Waals surface area contributed by atoms with Gasteiger partial charge in [0.25, 0.3) is 0 Å². The van der Waals surface area contributed by atoms with Crippen LogP contribution in [-0.2, 0) is 16.1 Å². The van der Waals surface area contributed by atoms with Crippen molar-refractivity contribution in [1.29, 1.82) is 0 Å². The first-order valence-corrected chi connectivity index (χ1v) is 6.18. The van der Waals surface area contributed by atoms with E-state index in [0.29, 0.717) is 19.7 Å². The molecule has 0 aromatic heterocycles. The van der Waals surface area contributed by atoms with E-state index in [1.54, 1.807) is 7.11 Å². The number of carbonyl (C=O) groups is 1. The number of para-hydroxylation sites is 1. The number of esters is 1. The molecule has 0 aliphatic heterocycles. The third-order valence-corrected chi connectivity index (χ3v) is 2.65. The fraction of sp³-hybridized carbons (Fsp3) is 0.500. The average molecular weight is 251 g/mol. The Labute approximate surface area is 108 Å². The summed E-state index contributed by atoms with van der Waals surface area (Å²) in [5, 5.41) is 3.23. The van der Waals surface area contributed by atoms with E-state index in [9.17, 15) is 4.79 Å². The van der Waals surface area contributed by atoms with Crippen LogP contribution >= 0.6 is 0 Å². The van der Waals surface area contributed by atoms with E-state index in [1.165, 1.54) is 0 Å². The van der Waals surface area contributed by atoms with Crippen LogP contribution in [0.2, 0.25) is 0 Å². The van der Waals surface area contributed by atoms with Crippen LogP contribution in [0.3, 0.4) is 0 Å². The molecule has 1 atom stereocenters. The first-order chi connectivity index (χ1) is 8.69. The van der Waals surface area contributed by atoms with Crippen LogP contribution in [0.5, 0.6) is 5.75 Å². The lowest BCUT2D eigenvalue weighted by molar-refractivity contribution is -0.147. The van der Waals surface area contributed by atoms with Crippen LogP contribution in [0.25, 0.3) is 0 Å². The van der Waals surface area contributed by atoms with Crippen molar-refractivity contribution in [3.8, 4) is 5.75 Å². The maximum absolute atomic E-state index is 11.4. The van der Waals surface area contributed by atoms with E-state index in [-0.39, 0.29) is 11.9 Å². The van der Waals surface area contributed by atoms with Crippen molar-refractivity contribution in [2.75, 3.05) is 20.3 Å². The summed E-state index contributed by atoms with van der Waals surface area (Å²) in [6.07, 6.45) is 0. The monoisotopic (exact) mass is 251 g/mol. The first-order valence-electron chi connectivity index (χ1n) is 6.18. The molecule has 0 bridgehead atoms. The number of rotatable bonds is 7. The zero-order chi connectivity index (χ0) is 13.4. The Kier molecular flexibility index (Phi) is 6.22. The zero-order valence-electron chi connectivity index (χ0n) is 11.2. The lowest BCUT2D eigenvalue weighted by atomic mass is 10.1. The normalized spacial score (nSPS) is 11.9. The molecule has 1 rings (SSSR count). The molecule has 1 aromatic carbocycles. The van der Waals surface area contributed by atoms with E-state index in [0.717, 1.165) is 11.3 Å². The lowest BCUT2D eigenvalue weighted by Crippen LogP contribution is -2.27. The minimum Gasteiger partial charge on any atom is -0.496 e. The van der Waals surface area contributed by atoms with Gasteiger partial charge in [0.2, 0.25) is 0 Å². The van der Waals surface area contributed by atoms with E-state index >= 15 is 0 Å². The number of benzene rings is 1. The van der Waals surface area contributed by atoms with Crippen molar-refractivity contribution in [2.24, 2.45) is 5.92 Å². The van der Waals surface area contributed by atoms with Crippen molar-refractivity contribution < 1.29 is 14.3 Å². The molecule has 1 N–H and O–H groups in total. The summed E-state index contributed by atoms with van der Waals surface area (Å²) in [6, 6.07) is 7.82. The topological polar surface area (TPSA) is 47.6 Å². The molecule has 0 radical (unpaired) electrons. The number of hydrogen-bond acceptors (Lipinski definition) is 4. The van der Waals surface area contributed by atoms with Crippen molar-refractivity contribution in [3.63, 3.8) is 0 Å². The highest BCUT2D eigenvalue weighted by Gasteiger charge is 2.13. The standard InChI is InChI=1S/C14H21NO3/c1-4-18-14(16)11(2)9-15-10-12-7-5-6-8-13(12)17-3/h5-8,11,15H,4,9-10H2,1-3H3. The van der Waals surface area contributed by atoms with E-state index in [1.807, 2.05) is 38.1 Å². The average Bonchev–Trinajstić information content (AvgIpc) is 2.39. The van der Waals surface area contributed by atoms with Crippen molar-refractivity contribution in [1.82, 2.24) is 5.32 Å². The van der Waals surface area contributed by atoms with Gasteiger partial charge in [-0.05, 0) is 13.0 Å². The first kappa shape index (κ1) is 14.5. The van der Waals surface area contributed by atoms with Gasteiger partial charge in [0.1, 0.15) is 5.75 Å². The lowest BCUT2D eigenvalue weighted by Gasteiger charge is -2.13. The van der Waals surface area contributed by atoms with Gasteiger partial charge in [-0.2, -0.15) is 0 Å². The van der Waals surface area contributed by atoms with Gasteiger partial charge in [-0.15, -0.1) is 0 Å². The maximum atomic E-state index is 11.4. The molecule has 1 aromatic rings. The van der Waals surface area contributed by atoms with Gasteiger partial charge >= 0.3 is 5.97 Å². The van der Waals surface area contributed by atoms with Crippen molar-refractivity contribution in [2.45, 2.75) is 20.4 Å². The second kappa shape index (κ2) is 7.71. The second-order valence-electron chi connectivity index (χ2n) is 4.10. The molecule has 0 spiro atoms. The minimum absolute atomic E-state index is 0.139. The van der Waals surface area contributed by atoms with Crippen LogP contribution in [0, 0.1) is 5.92 Å². The van der Waals surface area contributed by atoms with Gasteiger partial charge in [-0.1, -0.05) is 25.1 Å². The highest BCUT2D eigenvalue weighted by molar-refractivity contribution is 5.72. The third kappa shape index (κ3) is 4.37. The molecule has 0 heterocycles. The van der Waals surface area contributed by atoms with Gasteiger partial charge in [0, 0.05) is 18.7 Å². The Bertz CT molecular complexity index is 379. The van der Waals surface area contributed by atoms with Crippen molar-refractivity contribution in [3.05, 3.63) is 29.8 Å². The van der Waals surface area contributed by atoms with Gasteiger partial charge in [0.15, 0.2) is 0 Å². The van der Waals surface area contributed by atoms with Crippen LogP contribution in [0.1, 0.15) is 19.4 Å². The molecule has 100 valence electrons. The summed E-state index contributed by atoms with van der Waals surface area (Å²) in [4.78, 5) is 11.4. The number of hydrogen-bond donors (Lipinski definition) is 1. The molecular weight excluding hydrogens is 230 g/mol. The summed E-state index contributed by atoms with van der Waals surface area (Å²) in [5.41, 5.74) is 1.08. The van der Waals surface area contributed by atoms with Gasteiger partial charge < -0.3 is 14.8 Å². The largest absolute Gasteiger partial charge is 0.496 e. The second-order valence-corrected chi connectivity index (χ2v) is 4.10. The molecule has 0 aliphatic carbocycles. The predicted molar refractivity (Wildman–Crippen MR) is 70.5 cm³/mol. The van der Waals surface area contributed by atoms with Crippen LogP contribution in [0.4, 0.5) is 0 Å². The predicted octanol–water partition coefficient (Wildman–Crippen LogP) is 1.98. The molecule has 4 heteroatoms. The molecule has 0 saturated carbocycles.